The third kappa shape index (κ3) is 2.15. The molecule has 5 heteroatoms. The Hall–Kier alpha value is -1.16. The number of aliphatic imine (C=N–C) groups is 1. The molecule has 0 aliphatic rings. The van der Waals surface area contributed by atoms with Crippen LogP contribution in [0.2, 0.25) is 5.28 Å². The number of hydrogen-bond acceptors (Lipinski definition) is 4. The van der Waals surface area contributed by atoms with E-state index in [0.29, 0.717) is 17.3 Å². The largest absolute Gasteiger partial charge is 0.479 e. The molecule has 0 atom stereocenters. The van der Waals surface area contributed by atoms with Crippen LogP contribution in [0.4, 0.5) is 5.69 Å². The molecule has 0 radical (unpaired) electrons. The van der Waals surface area contributed by atoms with Crippen molar-refractivity contribution in [1.29, 1.82) is 0 Å². The molecule has 0 saturated heterocycles. The fraction of sp³-hybridized carbons (Fsp3) is 0.375. The van der Waals surface area contributed by atoms with Crippen molar-refractivity contribution in [1.82, 2.24) is 9.97 Å². The van der Waals surface area contributed by atoms with Gasteiger partial charge in [-0.15, -0.1) is 0 Å². The van der Waals surface area contributed by atoms with Crippen molar-refractivity contribution in [3.8, 4) is 5.88 Å². The van der Waals surface area contributed by atoms with E-state index in [1.54, 1.807) is 13.1 Å². The van der Waals surface area contributed by atoms with Crippen LogP contribution in [0, 0.1) is 6.92 Å². The lowest BCUT2D eigenvalue weighted by Gasteiger charge is -2.05. The molecule has 1 heterocycles. The molecule has 0 fully saturated rings. The summed E-state index contributed by atoms with van der Waals surface area (Å²) in [6.45, 7) is 3.62. The van der Waals surface area contributed by atoms with Crippen LogP contribution in [0.25, 0.3) is 0 Å². The molecule has 1 aromatic heterocycles. The van der Waals surface area contributed by atoms with Crippen molar-refractivity contribution in [2.75, 3.05) is 7.11 Å². The maximum atomic E-state index is 5.65. The molecule has 13 heavy (non-hydrogen) atoms. The number of nitrogens with zero attached hydrogens (tertiary/aromatic N) is 3. The first-order valence-corrected chi connectivity index (χ1v) is 4.13. The molecule has 0 aromatic carbocycles. The Morgan fingerprint density at radius 1 is 1.46 bits per heavy atom. The summed E-state index contributed by atoms with van der Waals surface area (Å²) in [5.41, 5.74) is 1.32. The first-order chi connectivity index (χ1) is 6.19. The summed E-state index contributed by atoms with van der Waals surface area (Å²) in [4.78, 5) is 11.9. The van der Waals surface area contributed by atoms with Gasteiger partial charge in [0.25, 0.3) is 0 Å². The highest BCUT2D eigenvalue weighted by molar-refractivity contribution is 6.28. The first kappa shape index (κ1) is 9.92. The van der Waals surface area contributed by atoms with Crippen LogP contribution in [0.3, 0.4) is 0 Å². The number of hydrogen-bond donors (Lipinski definition) is 0. The first-order valence-electron chi connectivity index (χ1n) is 3.75. The maximum Gasteiger partial charge on any atom is 0.244 e. The quantitative estimate of drug-likeness (QED) is 0.542. The second-order valence-corrected chi connectivity index (χ2v) is 2.66. The van der Waals surface area contributed by atoms with E-state index >= 15 is 0 Å². The zero-order chi connectivity index (χ0) is 9.84. The number of methoxy groups -OCH3 is 1. The molecule has 0 saturated carbocycles. The van der Waals surface area contributed by atoms with Gasteiger partial charge in [0.15, 0.2) is 0 Å². The molecule has 0 N–H and O–H groups in total. The van der Waals surface area contributed by atoms with E-state index in [2.05, 4.69) is 15.0 Å². The third-order valence-electron chi connectivity index (χ3n) is 1.45. The van der Waals surface area contributed by atoms with Gasteiger partial charge in [0, 0.05) is 6.21 Å². The topological polar surface area (TPSA) is 47.4 Å². The summed E-state index contributed by atoms with van der Waals surface area (Å²) in [6, 6.07) is 0. The van der Waals surface area contributed by atoms with Gasteiger partial charge in [-0.25, -0.2) is 4.98 Å². The van der Waals surface area contributed by atoms with E-state index in [4.69, 9.17) is 16.3 Å². The summed E-state index contributed by atoms with van der Waals surface area (Å²) in [6.07, 6.45) is 1.65. The van der Waals surface area contributed by atoms with Crippen LogP contribution in [0.5, 0.6) is 5.88 Å². The van der Waals surface area contributed by atoms with E-state index in [0.717, 1.165) is 0 Å². The molecule has 0 unspecified atom stereocenters. The minimum absolute atomic E-state index is 0.171. The Balaban J connectivity index is 3.29. The highest BCUT2D eigenvalue weighted by Crippen LogP contribution is 2.28. The van der Waals surface area contributed by atoms with Crippen molar-refractivity contribution >= 4 is 23.5 Å². The zero-order valence-corrected chi connectivity index (χ0v) is 8.46. The van der Waals surface area contributed by atoms with Crippen LogP contribution in [0.1, 0.15) is 12.6 Å². The summed E-state index contributed by atoms with van der Waals surface area (Å²) in [5.74, 6) is 0.399. The second-order valence-electron chi connectivity index (χ2n) is 2.32. The lowest BCUT2D eigenvalue weighted by atomic mass is 10.4. The highest BCUT2D eigenvalue weighted by atomic mass is 35.5. The van der Waals surface area contributed by atoms with Crippen LogP contribution < -0.4 is 4.74 Å². The molecular formula is C8H10ClN3O. The number of ether oxygens (including phenoxy) is 1. The van der Waals surface area contributed by atoms with Crippen molar-refractivity contribution in [3.63, 3.8) is 0 Å². The molecule has 0 spiro atoms. The summed E-state index contributed by atoms with van der Waals surface area (Å²) in [5, 5.41) is 0.171. The van der Waals surface area contributed by atoms with Crippen LogP contribution >= 0.6 is 11.6 Å². The van der Waals surface area contributed by atoms with Crippen molar-refractivity contribution in [2.24, 2.45) is 4.99 Å². The normalized spacial score (nSPS) is 10.8. The van der Waals surface area contributed by atoms with Crippen molar-refractivity contribution in [2.45, 2.75) is 13.8 Å². The molecule has 70 valence electrons. The maximum absolute atomic E-state index is 5.65. The van der Waals surface area contributed by atoms with Crippen molar-refractivity contribution < 1.29 is 4.74 Å². The van der Waals surface area contributed by atoms with Crippen molar-refractivity contribution in [3.05, 3.63) is 11.0 Å². The van der Waals surface area contributed by atoms with Gasteiger partial charge >= 0.3 is 0 Å². The lowest BCUT2D eigenvalue weighted by molar-refractivity contribution is 0.398. The number of aromatic nitrogens is 2. The average Bonchev–Trinajstić information content (AvgIpc) is 2.09. The fourth-order valence-corrected chi connectivity index (χ4v) is 1.13. The van der Waals surface area contributed by atoms with E-state index in [9.17, 15) is 0 Å². The van der Waals surface area contributed by atoms with Gasteiger partial charge in [0.2, 0.25) is 11.2 Å². The highest BCUT2D eigenvalue weighted by Gasteiger charge is 2.09. The van der Waals surface area contributed by atoms with Gasteiger partial charge < -0.3 is 4.74 Å². The van der Waals surface area contributed by atoms with Crippen LogP contribution in [0.15, 0.2) is 4.99 Å². The number of aryl methyl sites for hydroxylation is 1. The molecule has 0 bridgehead atoms. The molecule has 0 aliphatic heterocycles. The Morgan fingerprint density at radius 2 is 2.15 bits per heavy atom. The SMILES string of the molecule is CC=Nc1c(C)nc(Cl)nc1OC. The smallest absolute Gasteiger partial charge is 0.244 e. The molecule has 1 aromatic rings. The fourth-order valence-electron chi connectivity index (χ4n) is 0.928. The third-order valence-corrected chi connectivity index (χ3v) is 1.62. The van der Waals surface area contributed by atoms with E-state index in [1.807, 2.05) is 6.92 Å². The Bertz CT molecular complexity index is 338. The second kappa shape index (κ2) is 4.18. The van der Waals surface area contributed by atoms with Gasteiger partial charge in [0.05, 0.1) is 12.8 Å². The molecule has 1 rings (SSSR count). The van der Waals surface area contributed by atoms with E-state index in [1.165, 1.54) is 7.11 Å². The van der Waals surface area contributed by atoms with Gasteiger partial charge in [-0.1, -0.05) is 0 Å². The average molecular weight is 200 g/mol. The Labute approximate surface area is 81.6 Å². The Kier molecular flexibility index (Phi) is 3.19. The van der Waals surface area contributed by atoms with E-state index < -0.39 is 0 Å². The van der Waals surface area contributed by atoms with Gasteiger partial charge in [-0.2, -0.15) is 4.98 Å². The monoisotopic (exact) mass is 199 g/mol. The minimum atomic E-state index is 0.171. The van der Waals surface area contributed by atoms with Gasteiger partial charge in [-0.05, 0) is 25.4 Å². The van der Waals surface area contributed by atoms with E-state index in [-0.39, 0.29) is 5.28 Å². The molecule has 0 amide bonds. The lowest BCUT2D eigenvalue weighted by Crippen LogP contribution is -1.94. The number of rotatable bonds is 2. The summed E-state index contributed by atoms with van der Waals surface area (Å²) < 4.78 is 5.01. The van der Waals surface area contributed by atoms with Gasteiger partial charge in [-0.3, -0.25) is 4.99 Å². The van der Waals surface area contributed by atoms with Gasteiger partial charge in [0.1, 0.15) is 5.69 Å². The molecular weight excluding hydrogens is 190 g/mol. The molecule has 0 aliphatic carbocycles. The predicted molar refractivity (Wildman–Crippen MR) is 52.2 cm³/mol. The van der Waals surface area contributed by atoms with Crippen LogP contribution in [-0.4, -0.2) is 23.3 Å². The Morgan fingerprint density at radius 3 is 2.69 bits per heavy atom. The number of halogens is 1. The zero-order valence-electron chi connectivity index (χ0n) is 7.71. The summed E-state index contributed by atoms with van der Waals surface area (Å²) >= 11 is 5.65. The van der Waals surface area contributed by atoms with Crippen LogP contribution in [-0.2, 0) is 0 Å². The summed E-state index contributed by atoms with van der Waals surface area (Å²) in [7, 11) is 1.52. The standard InChI is InChI=1S/C8H10ClN3O/c1-4-10-6-5(2)11-8(9)12-7(6)13-3/h4H,1-3H3. The predicted octanol–water partition coefficient (Wildman–Crippen LogP) is 2.17. The minimum Gasteiger partial charge on any atom is -0.479 e. The molecule has 4 nitrogen and oxygen atoms in total.